The summed E-state index contributed by atoms with van der Waals surface area (Å²) in [5.41, 5.74) is 0. The van der Waals surface area contributed by atoms with Crippen LogP contribution in [0.5, 0.6) is 0 Å². The summed E-state index contributed by atoms with van der Waals surface area (Å²) in [5, 5.41) is 0.959. The number of rotatable bonds is 0. The van der Waals surface area contributed by atoms with Crippen LogP contribution >= 0.6 is 11.8 Å². The third-order valence-electron chi connectivity index (χ3n) is 2.44. The monoisotopic (exact) mass is 158 g/mol. The Morgan fingerprint density at radius 1 is 1.30 bits per heavy atom. The second kappa shape index (κ2) is 3.14. The molecule has 0 N–H and O–H groups in total. The molecule has 0 aromatic heterocycles. The van der Waals surface area contributed by atoms with Gasteiger partial charge >= 0.3 is 0 Å². The molecule has 1 aliphatic heterocycles. The summed E-state index contributed by atoms with van der Waals surface area (Å²) in [6, 6.07) is 0. The third kappa shape index (κ3) is 1.32. The summed E-state index contributed by atoms with van der Waals surface area (Å²) in [4.78, 5) is 0. The molecule has 0 aromatic carbocycles. The van der Waals surface area contributed by atoms with Crippen molar-refractivity contribution in [3.05, 3.63) is 0 Å². The van der Waals surface area contributed by atoms with Crippen LogP contribution in [0.3, 0.4) is 0 Å². The van der Waals surface area contributed by atoms with E-state index < -0.39 is 0 Å². The van der Waals surface area contributed by atoms with Crippen molar-refractivity contribution in [3.63, 3.8) is 0 Å². The molecule has 1 heterocycles. The van der Waals surface area contributed by atoms with E-state index in [0.29, 0.717) is 0 Å². The molecule has 1 saturated carbocycles. The zero-order valence-electron chi connectivity index (χ0n) is 6.21. The molecule has 58 valence electrons. The van der Waals surface area contributed by atoms with Crippen LogP contribution < -0.4 is 0 Å². The van der Waals surface area contributed by atoms with Crippen LogP contribution in [0.15, 0.2) is 0 Å². The second-order valence-electron chi connectivity index (χ2n) is 3.18. The first-order chi connectivity index (χ1) is 4.97. The molecule has 0 spiro atoms. The summed E-state index contributed by atoms with van der Waals surface area (Å²) in [6.45, 7) is 2.04. The van der Waals surface area contributed by atoms with Gasteiger partial charge in [-0.05, 0) is 30.9 Å². The van der Waals surface area contributed by atoms with Crippen molar-refractivity contribution in [3.8, 4) is 0 Å². The van der Waals surface area contributed by atoms with Crippen LogP contribution in [-0.4, -0.2) is 24.2 Å². The normalized spacial score (nSPS) is 40.8. The first-order valence-electron chi connectivity index (χ1n) is 4.16. The van der Waals surface area contributed by atoms with Crippen LogP contribution in [0.4, 0.5) is 0 Å². The van der Waals surface area contributed by atoms with Gasteiger partial charge in [-0.2, -0.15) is 11.8 Å². The van der Waals surface area contributed by atoms with Gasteiger partial charge in [0.25, 0.3) is 0 Å². The topological polar surface area (TPSA) is 9.23 Å². The third-order valence-corrected chi connectivity index (χ3v) is 4.02. The smallest absolute Gasteiger partial charge is 0.0504 e. The van der Waals surface area contributed by atoms with Crippen molar-refractivity contribution < 1.29 is 4.74 Å². The molecule has 0 radical (unpaired) electrons. The standard InChI is InChI=1S/C8H14OS/c1-4-9-6-7-2-3-8(7)10-5-1/h7-8H,1-6H2. The second-order valence-corrected chi connectivity index (χ2v) is 4.52. The quantitative estimate of drug-likeness (QED) is 0.532. The van der Waals surface area contributed by atoms with Crippen LogP contribution in [0.2, 0.25) is 0 Å². The van der Waals surface area contributed by atoms with Crippen LogP contribution in [0.1, 0.15) is 19.3 Å². The molecule has 2 rings (SSSR count). The van der Waals surface area contributed by atoms with E-state index in [2.05, 4.69) is 11.8 Å². The summed E-state index contributed by atoms with van der Waals surface area (Å²) >= 11 is 2.17. The Balaban J connectivity index is 1.83. The molecular formula is C8H14OS. The van der Waals surface area contributed by atoms with Crippen molar-refractivity contribution in [2.24, 2.45) is 5.92 Å². The number of fused-ring (bicyclic) bond motifs is 1. The fourth-order valence-corrected chi connectivity index (χ4v) is 2.96. The number of ether oxygens (including phenoxy) is 1. The van der Waals surface area contributed by atoms with Crippen LogP contribution in [-0.2, 0) is 4.74 Å². The zero-order valence-corrected chi connectivity index (χ0v) is 7.03. The van der Waals surface area contributed by atoms with Crippen molar-refractivity contribution in [1.82, 2.24) is 0 Å². The zero-order chi connectivity index (χ0) is 6.81. The minimum Gasteiger partial charge on any atom is -0.381 e. The van der Waals surface area contributed by atoms with Gasteiger partial charge in [0.15, 0.2) is 0 Å². The minimum atomic E-state index is 0.908. The predicted octanol–water partition coefficient (Wildman–Crippen LogP) is 1.92. The van der Waals surface area contributed by atoms with E-state index >= 15 is 0 Å². The highest BCUT2D eigenvalue weighted by molar-refractivity contribution is 7.99. The molecule has 2 unspecified atom stereocenters. The summed E-state index contributed by atoms with van der Waals surface area (Å²) in [5.74, 6) is 2.23. The molecule has 2 fully saturated rings. The molecule has 0 amide bonds. The Labute approximate surface area is 66.5 Å². The molecule has 0 aromatic rings. The molecule has 10 heavy (non-hydrogen) atoms. The van der Waals surface area contributed by atoms with Crippen LogP contribution in [0.25, 0.3) is 0 Å². The maximum absolute atomic E-state index is 5.50. The van der Waals surface area contributed by atoms with Gasteiger partial charge in [-0.25, -0.2) is 0 Å². The van der Waals surface area contributed by atoms with Crippen molar-refractivity contribution >= 4 is 11.8 Å². The number of thioether (sulfide) groups is 1. The Hall–Kier alpha value is 0.310. The lowest BCUT2D eigenvalue weighted by molar-refractivity contribution is 0.0716. The first-order valence-corrected chi connectivity index (χ1v) is 5.21. The molecule has 0 bridgehead atoms. The lowest BCUT2D eigenvalue weighted by Crippen LogP contribution is -2.34. The average Bonchev–Trinajstić information content (AvgIpc) is 1.89. The minimum absolute atomic E-state index is 0.908. The molecule has 1 nitrogen and oxygen atoms in total. The van der Waals surface area contributed by atoms with Gasteiger partial charge in [0.2, 0.25) is 0 Å². The highest BCUT2D eigenvalue weighted by Gasteiger charge is 2.31. The Morgan fingerprint density at radius 3 is 3.10 bits per heavy atom. The molecule has 1 aliphatic carbocycles. The summed E-state index contributed by atoms with van der Waals surface area (Å²) < 4.78 is 5.50. The molecule has 1 saturated heterocycles. The van der Waals surface area contributed by atoms with Gasteiger partial charge in [0, 0.05) is 11.9 Å². The number of hydrogen-bond donors (Lipinski definition) is 0. The predicted molar refractivity (Wildman–Crippen MR) is 44.4 cm³/mol. The Morgan fingerprint density at radius 2 is 2.30 bits per heavy atom. The lowest BCUT2D eigenvalue weighted by atomic mass is 9.85. The lowest BCUT2D eigenvalue weighted by Gasteiger charge is -2.37. The van der Waals surface area contributed by atoms with Gasteiger partial charge < -0.3 is 4.74 Å². The first kappa shape index (κ1) is 6.99. The molecule has 2 heteroatoms. The maximum Gasteiger partial charge on any atom is 0.0504 e. The van der Waals surface area contributed by atoms with E-state index in [1.54, 1.807) is 0 Å². The van der Waals surface area contributed by atoms with Gasteiger partial charge in [0.05, 0.1) is 6.61 Å². The molecular weight excluding hydrogens is 144 g/mol. The van der Waals surface area contributed by atoms with Gasteiger partial charge in [-0.1, -0.05) is 0 Å². The van der Waals surface area contributed by atoms with E-state index in [4.69, 9.17) is 4.74 Å². The van der Waals surface area contributed by atoms with Crippen molar-refractivity contribution in [2.75, 3.05) is 19.0 Å². The van der Waals surface area contributed by atoms with E-state index in [9.17, 15) is 0 Å². The van der Waals surface area contributed by atoms with E-state index in [-0.39, 0.29) is 0 Å². The van der Waals surface area contributed by atoms with E-state index in [1.807, 2.05) is 0 Å². The maximum atomic E-state index is 5.50. The fourth-order valence-electron chi connectivity index (χ4n) is 1.58. The highest BCUT2D eigenvalue weighted by Crippen LogP contribution is 2.38. The SMILES string of the molecule is C1COCC2CCC2SC1. The highest BCUT2D eigenvalue weighted by atomic mass is 32.2. The van der Waals surface area contributed by atoms with E-state index in [0.717, 1.165) is 24.4 Å². The summed E-state index contributed by atoms with van der Waals surface area (Å²) in [7, 11) is 0. The van der Waals surface area contributed by atoms with Gasteiger partial charge in [-0.15, -0.1) is 0 Å². The van der Waals surface area contributed by atoms with Gasteiger partial charge in [0.1, 0.15) is 0 Å². The Kier molecular flexibility index (Phi) is 2.19. The Bertz CT molecular complexity index is 102. The van der Waals surface area contributed by atoms with Crippen molar-refractivity contribution in [2.45, 2.75) is 24.5 Å². The fraction of sp³-hybridized carbons (Fsp3) is 1.00. The van der Waals surface area contributed by atoms with E-state index in [1.165, 1.54) is 25.0 Å². The molecule has 2 aliphatic rings. The molecule has 2 atom stereocenters. The number of hydrogen-bond acceptors (Lipinski definition) is 2. The van der Waals surface area contributed by atoms with Gasteiger partial charge in [-0.3, -0.25) is 0 Å². The average molecular weight is 158 g/mol. The van der Waals surface area contributed by atoms with Crippen molar-refractivity contribution in [1.29, 1.82) is 0 Å². The summed E-state index contributed by atoms with van der Waals surface area (Å²) in [6.07, 6.45) is 4.12. The largest absolute Gasteiger partial charge is 0.381 e. The van der Waals surface area contributed by atoms with Crippen LogP contribution in [0, 0.1) is 5.92 Å².